The van der Waals surface area contributed by atoms with Crippen LogP contribution in [0.15, 0.2) is 0 Å². The number of ether oxygens (including phenoxy) is 1. The largest absolute Gasteiger partial charge is 0.481 e. The van der Waals surface area contributed by atoms with Gasteiger partial charge in [-0.15, -0.1) is 0 Å². The molecule has 7 nitrogen and oxygen atoms in total. The maximum absolute atomic E-state index is 11.4. The molecule has 3 N–H and O–H groups in total. The van der Waals surface area contributed by atoms with E-state index in [1.807, 2.05) is 19.0 Å². The molecular weight excluding hydrogens is 250 g/mol. The lowest BCUT2D eigenvalue weighted by Gasteiger charge is -2.18. The fourth-order valence-corrected chi connectivity index (χ4v) is 1.18. The number of carbonyl (C=O) groups excluding carboxylic acids is 1. The van der Waals surface area contributed by atoms with Crippen LogP contribution < -0.4 is 10.6 Å². The molecule has 112 valence electrons. The summed E-state index contributed by atoms with van der Waals surface area (Å²) < 4.78 is 5.31. The van der Waals surface area contributed by atoms with E-state index in [2.05, 4.69) is 10.6 Å². The molecule has 0 bridgehead atoms. The number of urea groups is 1. The summed E-state index contributed by atoms with van der Waals surface area (Å²) in [5.74, 6) is -1.55. The van der Waals surface area contributed by atoms with Crippen LogP contribution in [0.5, 0.6) is 0 Å². The maximum Gasteiger partial charge on any atom is 0.315 e. The molecule has 2 amide bonds. The summed E-state index contributed by atoms with van der Waals surface area (Å²) in [5.41, 5.74) is 0. The van der Waals surface area contributed by atoms with Crippen LogP contribution in [-0.4, -0.2) is 68.4 Å². The van der Waals surface area contributed by atoms with Gasteiger partial charge in [0.2, 0.25) is 0 Å². The van der Waals surface area contributed by atoms with Gasteiger partial charge in [0.1, 0.15) is 0 Å². The van der Waals surface area contributed by atoms with Crippen LogP contribution in [0.4, 0.5) is 4.79 Å². The van der Waals surface area contributed by atoms with Crippen molar-refractivity contribution >= 4 is 12.0 Å². The van der Waals surface area contributed by atoms with E-state index in [1.54, 1.807) is 13.8 Å². The number of nitrogens with one attached hydrogen (secondary N) is 2. The molecular formula is C12H25N3O4. The fourth-order valence-electron chi connectivity index (χ4n) is 1.18. The zero-order valence-electron chi connectivity index (χ0n) is 12.1. The van der Waals surface area contributed by atoms with Gasteiger partial charge in [0.05, 0.1) is 19.1 Å². The number of rotatable bonds is 9. The Balaban J connectivity index is 3.62. The molecule has 0 fully saturated rings. The van der Waals surface area contributed by atoms with Crippen LogP contribution >= 0.6 is 0 Å². The number of likely N-dealkylation sites (N-methyl/N-ethyl adjacent to an activating group) is 1. The second-order valence-corrected chi connectivity index (χ2v) is 4.73. The number of amides is 2. The number of aliphatic carboxylic acids is 1. The molecule has 0 aromatic heterocycles. The Morgan fingerprint density at radius 3 is 2.42 bits per heavy atom. The van der Waals surface area contributed by atoms with Crippen LogP contribution in [-0.2, 0) is 9.53 Å². The minimum atomic E-state index is -0.931. The van der Waals surface area contributed by atoms with Crippen LogP contribution in [0.25, 0.3) is 0 Å². The molecule has 0 aliphatic heterocycles. The lowest BCUT2D eigenvalue weighted by Crippen LogP contribution is -2.46. The first-order valence-electron chi connectivity index (χ1n) is 6.34. The van der Waals surface area contributed by atoms with Gasteiger partial charge in [-0.1, -0.05) is 0 Å². The van der Waals surface area contributed by atoms with E-state index < -0.39 is 17.9 Å². The highest BCUT2D eigenvalue weighted by Crippen LogP contribution is 2.01. The summed E-state index contributed by atoms with van der Waals surface area (Å²) in [5, 5.41) is 14.0. The Morgan fingerprint density at radius 1 is 1.26 bits per heavy atom. The van der Waals surface area contributed by atoms with Crippen molar-refractivity contribution in [2.24, 2.45) is 5.92 Å². The number of nitrogens with zero attached hydrogens (tertiary/aromatic N) is 1. The average Bonchev–Trinajstić information content (AvgIpc) is 2.31. The van der Waals surface area contributed by atoms with Crippen molar-refractivity contribution in [3.63, 3.8) is 0 Å². The quantitative estimate of drug-likeness (QED) is 0.514. The molecule has 0 aliphatic carbocycles. The number of carboxylic acids is 1. The topological polar surface area (TPSA) is 90.9 Å². The van der Waals surface area contributed by atoms with Gasteiger partial charge in [0.25, 0.3) is 0 Å². The Morgan fingerprint density at radius 2 is 1.89 bits per heavy atom. The standard InChI is InChI=1S/C12H25N3O4/c1-9(11(16)17)10(2)14-12(18)13-5-7-19-8-6-15(3)4/h9-10H,5-8H2,1-4H3,(H,16,17)(H2,13,14,18). The van der Waals surface area contributed by atoms with Gasteiger partial charge < -0.3 is 25.4 Å². The maximum atomic E-state index is 11.4. The molecule has 0 rings (SSSR count). The third-order valence-corrected chi connectivity index (χ3v) is 2.71. The van der Waals surface area contributed by atoms with Gasteiger partial charge in [-0.3, -0.25) is 4.79 Å². The summed E-state index contributed by atoms with van der Waals surface area (Å²) in [6.07, 6.45) is 0. The zero-order valence-corrected chi connectivity index (χ0v) is 12.1. The monoisotopic (exact) mass is 275 g/mol. The highest BCUT2D eigenvalue weighted by atomic mass is 16.5. The molecule has 0 radical (unpaired) electrons. The van der Waals surface area contributed by atoms with Crippen molar-refractivity contribution in [3.05, 3.63) is 0 Å². The predicted octanol–water partition coefficient (Wildman–Crippen LogP) is -0.0270. The van der Waals surface area contributed by atoms with Crippen LogP contribution in [0.2, 0.25) is 0 Å². The van der Waals surface area contributed by atoms with Gasteiger partial charge in [-0.2, -0.15) is 0 Å². The number of hydrogen-bond donors (Lipinski definition) is 3. The van der Waals surface area contributed by atoms with Crippen molar-refractivity contribution in [2.45, 2.75) is 19.9 Å². The van der Waals surface area contributed by atoms with Crippen LogP contribution in [0.1, 0.15) is 13.8 Å². The predicted molar refractivity (Wildman–Crippen MR) is 72.2 cm³/mol. The third-order valence-electron chi connectivity index (χ3n) is 2.71. The van der Waals surface area contributed by atoms with E-state index in [1.165, 1.54) is 0 Å². The van der Waals surface area contributed by atoms with E-state index in [0.29, 0.717) is 19.8 Å². The minimum absolute atomic E-state index is 0.378. The summed E-state index contributed by atoms with van der Waals surface area (Å²) >= 11 is 0. The molecule has 0 aromatic carbocycles. The van der Waals surface area contributed by atoms with E-state index in [9.17, 15) is 9.59 Å². The first-order chi connectivity index (χ1) is 8.84. The molecule has 2 unspecified atom stereocenters. The zero-order chi connectivity index (χ0) is 14.8. The second kappa shape index (κ2) is 9.57. The van der Waals surface area contributed by atoms with Crippen LogP contribution in [0.3, 0.4) is 0 Å². The summed E-state index contributed by atoms with van der Waals surface area (Å²) in [6, 6.07) is -0.802. The summed E-state index contributed by atoms with van der Waals surface area (Å²) in [7, 11) is 3.92. The van der Waals surface area contributed by atoms with Gasteiger partial charge in [-0.05, 0) is 27.9 Å². The lowest BCUT2D eigenvalue weighted by atomic mass is 10.0. The molecule has 19 heavy (non-hydrogen) atoms. The molecule has 0 saturated carbocycles. The van der Waals surface area contributed by atoms with Crippen molar-refractivity contribution in [3.8, 4) is 0 Å². The van der Waals surface area contributed by atoms with Crippen molar-refractivity contribution in [1.29, 1.82) is 0 Å². The second-order valence-electron chi connectivity index (χ2n) is 4.73. The van der Waals surface area contributed by atoms with Crippen molar-refractivity contribution in [1.82, 2.24) is 15.5 Å². The highest BCUT2D eigenvalue weighted by molar-refractivity contribution is 5.76. The molecule has 0 saturated heterocycles. The van der Waals surface area contributed by atoms with Gasteiger partial charge in [0.15, 0.2) is 0 Å². The molecule has 0 aliphatic rings. The Hall–Kier alpha value is -1.34. The smallest absolute Gasteiger partial charge is 0.315 e. The van der Waals surface area contributed by atoms with E-state index >= 15 is 0 Å². The fraction of sp³-hybridized carbons (Fsp3) is 0.833. The number of hydrogen-bond acceptors (Lipinski definition) is 4. The van der Waals surface area contributed by atoms with E-state index in [0.717, 1.165) is 6.54 Å². The first-order valence-corrected chi connectivity index (χ1v) is 6.34. The van der Waals surface area contributed by atoms with Gasteiger partial charge >= 0.3 is 12.0 Å². The summed E-state index contributed by atoms with van der Waals surface area (Å²) in [4.78, 5) is 24.2. The van der Waals surface area contributed by atoms with E-state index in [-0.39, 0.29) is 6.03 Å². The minimum Gasteiger partial charge on any atom is -0.481 e. The summed E-state index contributed by atoms with van der Waals surface area (Å²) in [6.45, 7) is 5.49. The highest BCUT2D eigenvalue weighted by Gasteiger charge is 2.20. The third kappa shape index (κ3) is 9.26. The van der Waals surface area contributed by atoms with E-state index in [4.69, 9.17) is 9.84 Å². The van der Waals surface area contributed by atoms with Gasteiger partial charge in [0, 0.05) is 19.1 Å². The van der Waals surface area contributed by atoms with Gasteiger partial charge in [-0.25, -0.2) is 4.79 Å². The molecule has 0 aromatic rings. The van der Waals surface area contributed by atoms with Crippen LogP contribution in [0, 0.1) is 5.92 Å². The molecule has 2 atom stereocenters. The Kier molecular flexibility index (Phi) is 8.90. The molecule has 7 heteroatoms. The normalized spacial score (nSPS) is 13.9. The average molecular weight is 275 g/mol. The molecule has 0 heterocycles. The Bertz CT molecular complexity index is 284. The lowest BCUT2D eigenvalue weighted by molar-refractivity contribution is -0.141. The first kappa shape index (κ1) is 17.7. The van der Waals surface area contributed by atoms with Crippen molar-refractivity contribution < 1.29 is 19.4 Å². The van der Waals surface area contributed by atoms with Crippen molar-refractivity contribution in [2.75, 3.05) is 40.4 Å². The number of carbonyl (C=O) groups is 2. The molecule has 0 spiro atoms. The number of carboxylic acid groups (broad SMARTS) is 1. The SMILES string of the molecule is CC(NC(=O)NCCOCCN(C)C)C(C)C(=O)O. The Labute approximate surface area is 114 Å².